The third kappa shape index (κ3) is 2.12. The molecule has 0 saturated heterocycles. The van der Waals surface area contributed by atoms with Crippen LogP contribution in [0.25, 0.3) is 22.0 Å². The molecule has 0 aliphatic rings. The Bertz CT molecular complexity index is 814. The van der Waals surface area contributed by atoms with Crippen LogP contribution in [0.1, 0.15) is 10.4 Å². The molecule has 0 radical (unpaired) electrons. The van der Waals surface area contributed by atoms with Crippen molar-refractivity contribution in [1.29, 1.82) is 0 Å². The van der Waals surface area contributed by atoms with Crippen molar-refractivity contribution in [2.75, 3.05) is 0 Å². The molecule has 0 bridgehead atoms. The van der Waals surface area contributed by atoms with E-state index in [0.29, 0.717) is 22.0 Å². The number of carboxylic acid groups (broad SMARTS) is 1. The fourth-order valence-electron chi connectivity index (χ4n) is 2.11. The number of benzene rings is 2. The van der Waals surface area contributed by atoms with Crippen LogP contribution in [0.5, 0.6) is 0 Å². The molecule has 1 aromatic heterocycles. The zero-order valence-electron chi connectivity index (χ0n) is 10.4. The first-order chi connectivity index (χ1) is 9.65. The van der Waals surface area contributed by atoms with Gasteiger partial charge in [-0.3, -0.25) is 4.98 Å². The summed E-state index contributed by atoms with van der Waals surface area (Å²) >= 11 is 0. The molecule has 1 heterocycles. The Morgan fingerprint density at radius 2 is 1.90 bits per heavy atom. The number of rotatable bonds is 2. The second-order valence-electron chi connectivity index (χ2n) is 4.42. The maximum atomic E-state index is 13.8. The summed E-state index contributed by atoms with van der Waals surface area (Å²) in [6, 6.07) is 12.8. The molecule has 0 aliphatic carbocycles. The van der Waals surface area contributed by atoms with E-state index in [4.69, 9.17) is 5.11 Å². The molecule has 0 atom stereocenters. The molecule has 3 rings (SSSR count). The lowest BCUT2D eigenvalue weighted by Crippen LogP contribution is -1.96. The number of hydrogen-bond donors (Lipinski definition) is 1. The summed E-state index contributed by atoms with van der Waals surface area (Å²) in [6.07, 6.45) is 1.58. The highest BCUT2D eigenvalue weighted by atomic mass is 19.1. The fraction of sp³-hybridized carbons (Fsp3) is 0. The van der Waals surface area contributed by atoms with Gasteiger partial charge in [-0.25, -0.2) is 9.18 Å². The van der Waals surface area contributed by atoms with Crippen LogP contribution < -0.4 is 0 Å². The van der Waals surface area contributed by atoms with Crippen molar-refractivity contribution in [1.82, 2.24) is 4.98 Å². The fourth-order valence-corrected chi connectivity index (χ4v) is 2.11. The topological polar surface area (TPSA) is 50.2 Å². The summed E-state index contributed by atoms with van der Waals surface area (Å²) in [7, 11) is 0. The third-order valence-corrected chi connectivity index (χ3v) is 3.11. The Kier molecular flexibility index (Phi) is 2.91. The number of carboxylic acids is 1. The van der Waals surface area contributed by atoms with E-state index in [-0.39, 0.29) is 11.4 Å². The summed E-state index contributed by atoms with van der Waals surface area (Å²) in [4.78, 5) is 15.2. The first-order valence-electron chi connectivity index (χ1n) is 6.03. The van der Waals surface area contributed by atoms with Crippen LogP contribution in [0, 0.1) is 5.82 Å². The van der Waals surface area contributed by atoms with Gasteiger partial charge < -0.3 is 5.11 Å². The number of hydrogen-bond acceptors (Lipinski definition) is 2. The number of aromatic carboxylic acids is 1. The van der Waals surface area contributed by atoms with E-state index in [2.05, 4.69) is 4.98 Å². The normalized spacial score (nSPS) is 10.7. The summed E-state index contributed by atoms with van der Waals surface area (Å²) in [5.74, 6) is -1.33. The molecular formula is C16H10FNO2. The van der Waals surface area contributed by atoms with Crippen LogP contribution in [0.15, 0.2) is 54.7 Å². The molecule has 0 amide bonds. The van der Waals surface area contributed by atoms with Crippen molar-refractivity contribution < 1.29 is 14.3 Å². The maximum absolute atomic E-state index is 13.8. The summed E-state index contributed by atoms with van der Waals surface area (Å²) in [5.41, 5.74) is 1.93. The molecule has 0 saturated carbocycles. The molecule has 3 aromatic rings. The van der Waals surface area contributed by atoms with Gasteiger partial charge in [0.25, 0.3) is 0 Å². The van der Waals surface area contributed by atoms with Gasteiger partial charge in [-0.05, 0) is 30.3 Å². The van der Waals surface area contributed by atoms with Crippen molar-refractivity contribution >= 4 is 16.9 Å². The van der Waals surface area contributed by atoms with Crippen LogP contribution in [-0.2, 0) is 0 Å². The van der Waals surface area contributed by atoms with Crippen LogP contribution in [0.4, 0.5) is 4.39 Å². The highest BCUT2D eigenvalue weighted by Crippen LogP contribution is 2.25. The number of aromatic nitrogens is 1. The van der Waals surface area contributed by atoms with Gasteiger partial charge >= 0.3 is 5.97 Å². The van der Waals surface area contributed by atoms with Gasteiger partial charge in [-0.15, -0.1) is 0 Å². The predicted octanol–water partition coefficient (Wildman–Crippen LogP) is 3.74. The molecule has 0 aliphatic heterocycles. The average molecular weight is 267 g/mol. The van der Waals surface area contributed by atoms with Crippen molar-refractivity contribution in [3.05, 3.63) is 66.1 Å². The van der Waals surface area contributed by atoms with Crippen molar-refractivity contribution in [2.24, 2.45) is 0 Å². The number of halogens is 1. The first kappa shape index (κ1) is 12.3. The van der Waals surface area contributed by atoms with Gasteiger partial charge in [0.15, 0.2) is 0 Å². The zero-order chi connectivity index (χ0) is 14.1. The highest BCUT2D eigenvalue weighted by molar-refractivity contribution is 5.94. The molecule has 2 aromatic carbocycles. The van der Waals surface area contributed by atoms with E-state index < -0.39 is 5.97 Å². The largest absolute Gasteiger partial charge is 0.478 e. The second kappa shape index (κ2) is 4.74. The van der Waals surface area contributed by atoms with E-state index >= 15 is 0 Å². The van der Waals surface area contributed by atoms with Crippen LogP contribution in [0.3, 0.4) is 0 Å². The molecule has 0 spiro atoms. The van der Waals surface area contributed by atoms with E-state index in [1.165, 1.54) is 18.2 Å². The van der Waals surface area contributed by atoms with Crippen LogP contribution in [-0.4, -0.2) is 16.1 Å². The Balaban J connectivity index is 2.19. The zero-order valence-corrected chi connectivity index (χ0v) is 10.4. The van der Waals surface area contributed by atoms with Crippen molar-refractivity contribution in [3.8, 4) is 11.1 Å². The van der Waals surface area contributed by atoms with Gasteiger partial charge in [-0.2, -0.15) is 0 Å². The van der Waals surface area contributed by atoms with Gasteiger partial charge in [0, 0.05) is 22.7 Å². The standard InChI is InChI=1S/C16H10FNO2/c17-14-4-2-1-3-13(14)12-8-11-7-10(16(19)20)5-6-15(11)18-9-12/h1-9H,(H,19,20). The van der Waals surface area contributed by atoms with Crippen molar-refractivity contribution in [2.45, 2.75) is 0 Å². The van der Waals surface area contributed by atoms with Gasteiger partial charge in [0.05, 0.1) is 11.1 Å². The predicted molar refractivity (Wildman–Crippen MR) is 74.1 cm³/mol. The summed E-state index contributed by atoms with van der Waals surface area (Å²) in [5, 5.41) is 9.67. The molecule has 1 N–H and O–H groups in total. The van der Waals surface area contributed by atoms with Crippen molar-refractivity contribution in [3.63, 3.8) is 0 Å². The minimum absolute atomic E-state index is 0.185. The summed E-state index contributed by atoms with van der Waals surface area (Å²) < 4.78 is 13.8. The first-order valence-corrected chi connectivity index (χ1v) is 6.03. The quantitative estimate of drug-likeness (QED) is 0.769. The van der Waals surface area contributed by atoms with E-state index in [1.54, 1.807) is 36.5 Å². The number of nitrogens with zero attached hydrogens (tertiary/aromatic N) is 1. The van der Waals surface area contributed by atoms with Crippen LogP contribution >= 0.6 is 0 Å². The monoisotopic (exact) mass is 267 g/mol. The lowest BCUT2D eigenvalue weighted by atomic mass is 10.0. The second-order valence-corrected chi connectivity index (χ2v) is 4.42. The lowest BCUT2D eigenvalue weighted by molar-refractivity contribution is 0.0697. The van der Waals surface area contributed by atoms with Gasteiger partial charge in [-0.1, -0.05) is 18.2 Å². The molecule has 4 heteroatoms. The van der Waals surface area contributed by atoms with E-state index in [9.17, 15) is 9.18 Å². The molecule has 20 heavy (non-hydrogen) atoms. The van der Waals surface area contributed by atoms with E-state index in [0.717, 1.165) is 0 Å². The molecule has 98 valence electrons. The minimum atomic E-state index is -0.997. The Morgan fingerprint density at radius 1 is 1.10 bits per heavy atom. The SMILES string of the molecule is O=C(O)c1ccc2ncc(-c3ccccc3F)cc2c1. The van der Waals surface area contributed by atoms with Crippen LogP contribution in [0.2, 0.25) is 0 Å². The summed E-state index contributed by atoms with van der Waals surface area (Å²) in [6.45, 7) is 0. The Labute approximate surface area is 114 Å². The number of carbonyl (C=O) groups is 1. The third-order valence-electron chi connectivity index (χ3n) is 3.11. The maximum Gasteiger partial charge on any atom is 0.335 e. The minimum Gasteiger partial charge on any atom is -0.478 e. The molecule has 3 nitrogen and oxygen atoms in total. The molecule has 0 unspecified atom stereocenters. The number of fused-ring (bicyclic) bond motifs is 1. The number of pyridine rings is 1. The average Bonchev–Trinajstić information content (AvgIpc) is 2.46. The Morgan fingerprint density at radius 3 is 2.65 bits per heavy atom. The lowest BCUT2D eigenvalue weighted by Gasteiger charge is -2.05. The molecular weight excluding hydrogens is 257 g/mol. The Hall–Kier alpha value is -2.75. The van der Waals surface area contributed by atoms with E-state index in [1.807, 2.05) is 0 Å². The van der Waals surface area contributed by atoms with Gasteiger partial charge in [0.2, 0.25) is 0 Å². The highest BCUT2D eigenvalue weighted by Gasteiger charge is 2.08. The smallest absolute Gasteiger partial charge is 0.335 e. The molecule has 0 fully saturated rings. The van der Waals surface area contributed by atoms with Gasteiger partial charge in [0.1, 0.15) is 5.82 Å².